The Morgan fingerprint density at radius 2 is 2.08 bits per heavy atom. The zero-order chi connectivity index (χ0) is 18.1. The molecular weight excluding hydrogens is 336 g/mol. The van der Waals surface area contributed by atoms with Crippen LogP contribution in [0.25, 0.3) is 22.4 Å². The van der Waals surface area contributed by atoms with Gasteiger partial charge < -0.3 is 9.26 Å². The smallest absolute Gasteiger partial charge is 0.345 e. The quantitative estimate of drug-likeness (QED) is 0.535. The number of benzene rings is 1. The van der Waals surface area contributed by atoms with Crippen LogP contribution >= 0.6 is 0 Å². The number of fused-ring (bicyclic) bond motifs is 1. The molecule has 26 heavy (non-hydrogen) atoms. The summed E-state index contributed by atoms with van der Waals surface area (Å²) < 4.78 is 13.2. The fraction of sp³-hybridized carbons (Fsp3) is 0.235. The van der Waals surface area contributed by atoms with Gasteiger partial charge in [0.2, 0.25) is 11.7 Å². The first-order valence-corrected chi connectivity index (χ1v) is 8.00. The van der Waals surface area contributed by atoms with E-state index in [4.69, 9.17) is 9.26 Å². The predicted octanol–water partition coefficient (Wildman–Crippen LogP) is 1.43. The lowest BCUT2D eigenvalue weighted by Gasteiger charge is -2.02. The van der Waals surface area contributed by atoms with Gasteiger partial charge in [-0.05, 0) is 24.3 Å². The highest BCUT2D eigenvalue weighted by molar-refractivity contribution is 5.82. The first-order chi connectivity index (χ1) is 12.6. The highest BCUT2D eigenvalue weighted by Crippen LogP contribution is 2.22. The highest BCUT2D eigenvalue weighted by atomic mass is 16.5. The maximum atomic E-state index is 11.8. The molecule has 1 aromatic carbocycles. The Kier molecular flexibility index (Phi) is 3.96. The van der Waals surface area contributed by atoms with E-state index in [2.05, 4.69) is 20.2 Å². The van der Waals surface area contributed by atoms with Crippen LogP contribution in [-0.2, 0) is 20.0 Å². The van der Waals surface area contributed by atoms with Crippen LogP contribution in [0.2, 0.25) is 0 Å². The van der Waals surface area contributed by atoms with Crippen molar-refractivity contribution in [3.8, 4) is 17.3 Å². The van der Waals surface area contributed by atoms with E-state index in [9.17, 15) is 4.79 Å². The molecule has 9 heteroatoms. The van der Waals surface area contributed by atoms with E-state index < -0.39 is 0 Å². The molecule has 9 nitrogen and oxygen atoms in total. The Hall–Kier alpha value is -3.49. The van der Waals surface area contributed by atoms with Gasteiger partial charge >= 0.3 is 5.69 Å². The molecule has 0 amide bonds. The molecule has 4 aromatic rings. The molecule has 3 heterocycles. The normalized spacial score (nSPS) is 11.2. The Bertz CT molecular complexity index is 1130. The average molecular weight is 352 g/mol. The number of ether oxygens (including phenoxy) is 1. The van der Waals surface area contributed by atoms with E-state index in [0.29, 0.717) is 30.4 Å². The number of rotatable bonds is 5. The summed E-state index contributed by atoms with van der Waals surface area (Å²) in [5, 5.41) is 8.94. The molecule has 0 bridgehead atoms. The van der Waals surface area contributed by atoms with Crippen LogP contribution in [0.1, 0.15) is 5.89 Å². The van der Waals surface area contributed by atoms with Gasteiger partial charge in [-0.15, -0.1) is 0 Å². The zero-order valence-electron chi connectivity index (χ0n) is 14.3. The number of aryl methyl sites for hydroxylation is 3. The fourth-order valence-electron chi connectivity index (χ4n) is 2.59. The van der Waals surface area contributed by atoms with Crippen LogP contribution < -0.4 is 10.4 Å². The van der Waals surface area contributed by atoms with Gasteiger partial charge in [0.15, 0.2) is 0 Å². The molecule has 4 rings (SSSR count). The predicted molar refractivity (Wildman–Crippen MR) is 92.8 cm³/mol. The second-order valence-electron chi connectivity index (χ2n) is 5.76. The number of methoxy groups -OCH3 is 1. The maximum absolute atomic E-state index is 11.8. The van der Waals surface area contributed by atoms with E-state index in [1.807, 2.05) is 30.3 Å². The third-order valence-corrected chi connectivity index (χ3v) is 4.02. The van der Waals surface area contributed by atoms with Gasteiger partial charge in [-0.2, -0.15) is 10.1 Å². The van der Waals surface area contributed by atoms with Crippen molar-refractivity contribution in [2.75, 3.05) is 7.11 Å². The summed E-state index contributed by atoms with van der Waals surface area (Å²) in [6, 6.07) is 9.42. The van der Waals surface area contributed by atoms with Crippen molar-refractivity contribution < 1.29 is 9.26 Å². The first kappa shape index (κ1) is 16.0. The van der Waals surface area contributed by atoms with E-state index in [-0.39, 0.29) is 5.69 Å². The van der Waals surface area contributed by atoms with Gasteiger partial charge in [0, 0.05) is 18.9 Å². The SMILES string of the molecule is COc1ccc2nc(-c3noc(CCn4ncn(C)c4=O)n3)ccc2c1. The van der Waals surface area contributed by atoms with Gasteiger partial charge in [0.05, 0.1) is 19.2 Å². The van der Waals surface area contributed by atoms with Crippen molar-refractivity contribution in [2.45, 2.75) is 13.0 Å². The molecule has 0 aliphatic rings. The Morgan fingerprint density at radius 3 is 2.85 bits per heavy atom. The highest BCUT2D eigenvalue weighted by Gasteiger charge is 2.12. The van der Waals surface area contributed by atoms with Gasteiger partial charge in [-0.25, -0.2) is 14.5 Å². The molecule has 0 spiro atoms. The molecule has 132 valence electrons. The summed E-state index contributed by atoms with van der Waals surface area (Å²) in [5.41, 5.74) is 1.25. The first-order valence-electron chi connectivity index (χ1n) is 8.00. The van der Waals surface area contributed by atoms with Crippen LogP contribution in [0.5, 0.6) is 5.75 Å². The Balaban J connectivity index is 1.54. The van der Waals surface area contributed by atoms with Crippen molar-refractivity contribution >= 4 is 10.9 Å². The standard InChI is InChI=1S/C17H16N6O3/c1-22-10-18-23(17(22)24)8-7-15-20-16(21-26-15)14-5-3-11-9-12(25-2)4-6-13(11)19-14/h3-6,9-10H,7-8H2,1-2H3. The molecule has 0 aliphatic carbocycles. The van der Waals surface area contributed by atoms with Crippen LogP contribution in [0.3, 0.4) is 0 Å². The van der Waals surface area contributed by atoms with Crippen molar-refractivity contribution in [1.82, 2.24) is 29.5 Å². The minimum atomic E-state index is -0.184. The third-order valence-electron chi connectivity index (χ3n) is 4.02. The molecular formula is C17H16N6O3. The second-order valence-corrected chi connectivity index (χ2v) is 5.76. The number of nitrogens with zero attached hydrogens (tertiary/aromatic N) is 6. The van der Waals surface area contributed by atoms with Crippen LogP contribution in [0.15, 0.2) is 46.0 Å². The number of aromatic nitrogens is 6. The molecule has 0 saturated carbocycles. The van der Waals surface area contributed by atoms with Crippen molar-refractivity contribution in [1.29, 1.82) is 0 Å². The van der Waals surface area contributed by atoms with Crippen molar-refractivity contribution in [3.63, 3.8) is 0 Å². The van der Waals surface area contributed by atoms with Gasteiger partial charge in [0.25, 0.3) is 0 Å². The van der Waals surface area contributed by atoms with Crippen molar-refractivity contribution in [3.05, 3.63) is 53.0 Å². The topological polar surface area (TPSA) is 101 Å². The summed E-state index contributed by atoms with van der Waals surface area (Å²) >= 11 is 0. The van der Waals surface area contributed by atoms with E-state index >= 15 is 0 Å². The van der Waals surface area contributed by atoms with Crippen LogP contribution in [-0.4, -0.2) is 36.6 Å². The van der Waals surface area contributed by atoms with Gasteiger partial charge in [-0.3, -0.25) is 4.57 Å². The Morgan fingerprint density at radius 1 is 1.19 bits per heavy atom. The Labute approximate surface area is 147 Å². The van der Waals surface area contributed by atoms with Crippen LogP contribution in [0, 0.1) is 0 Å². The molecule has 0 fully saturated rings. The largest absolute Gasteiger partial charge is 0.497 e. The number of pyridine rings is 1. The lowest BCUT2D eigenvalue weighted by Crippen LogP contribution is -2.23. The maximum Gasteiger partial charge on any atom is 0.345 e. The summed E-state index contributed by atoms with van der Waals surface area (Å²) in [5.74, 6) is 1.61. The molecule has 3 aromatic heterocycles. The summed E-state index contributed by atoms with van der Waals surface area (Å²) in [7, 11) is 3.28. The van der Waals surface area contributed by atoms with Crippen molar-refractivity contribution in [2.24, 2.45) is 7.05 Å². The van der Waals surface area contributed by atoms with E-state index in [0.717, 1.165) is 16.7 Å². The molecule has 0 aliphatic heterocycles. The molecule has 0 N–H and O–H groups in total. The third kappa shape index (κ3) is 2.94. The molecule has 0 radical (unpaired) electrons. The van der Waals surface area contributed by atoms with E-state index in [1.165, 1.54) is 15.6 Å². The monoisotopic (exact) mass is 352 g/mol. The van der Waals surface area contributed by atoms with E-state index in [1.54, 1.807) is 14.2 Å². The molecule has 0 saturated heterocycles. The fourth-order valence-corrected chi connectivity index (χ4v) is 2.59. The zero-order valence-corrected chi connectivity index (χ0v) is 14.3. The lowest BCUT2D eigenvalue weighted by molar-refractivity contribution is 0.368. The van der Waals surface area contributed by atoms with Gasteiger partial charge in [-0.1, -0.05) is 11.2 Å². The van der Waals surface area contributed by atoms with Gasteiger partial charge in [0.1, 0.15) is 17.8 Å². The summed E-state index contributed by atoms with van der Waals surface area (Å²) in [6.45, 7) is 0.367. The molecule has 0 atom stereocenters. The lowest BCUT2D eigenvalue weighted by atomic mass is 10.2. The molecule has 0 unspecified atom stereocenters. The van der Waals surface area contributed by atoms with Crippen LogP contribution in [0.4, 0.5) is 0 Å². The number of hydrogen-bond acceptors (Lipinski definition) is 7. The summed E-state index contributed by atoms with van der Waals surface area (Å²) in [6.07, 6.45) is 1.88. The minimum Gasteiger partial charge on any atom is -0.497 e. The number of hydrogen-bond donors (Lipinski definition) is 0. The minimum absolute atomic E-state index is 0.184. The summed E-state index contributed by atoms with van der Waals surface area (Å²) in [4.78, 5) is 20.7. The average Bonchev–Trinajstić information content (AvgIpc) is 3.27. The second kappa shape index (κ2) is 6.43.